The summed E-state index contributed by atoms with van der Waals surface area (Å²) in [7, 11) is 0. The normalized spacial score (nSPS) is 19.1. The monoisotopic (exact) mass is 540 g/mol. The van der Waals surface area contributed by atoms with Gasteiger partial charge in [0.1, 0.15) is 16.8 Å². The van der Waals surface area contributed by atoms with E-state index >= 15 is 0 Å². The average Bonchev–Trinajstić information content (AvgIpc) is 3.43. The Morgan fingerprint density at radius 1 is 1.18 bits per heavy atom. The first-order valence-electron chi connectivity index (χ1n) is 14.0. The van der Waals surface area contributed by atoms with Crippen LogP contribution in [0.3, 0.4) is 0 Å². The lowest BCUT2D eigenvalue weighted by atomic mass is 9.80. The summed E-state index contributed by atoms with van der Waals surface area (Å²) in [5.41, 5.74) is 0.949. The van der Waals surface area contributed by atoms with Gasteiger partial charge < -0.3 is 19.1 Å². The summed E-state index contributed by atoms with van der Waals surface area (Å²) in [4.78, 5) is 35.4. The summed E-state index contributed by atoms with van der Waals surface area (Å²) < 4.78 is 13.1. The van der Waals surface area contributed by atoms with Gasteiger partial charge in [0.25, 0.3) is 11.4 Å². The molecule has 1 saturated heterocycles. The summed E-state index contributed by atoms with van der Waals surface area (Å²) in [5.74, 6) is 1.01. The zero-order valence-corrected chi connectivity index (χ0v) is 24.9. The van der Waals surface area contributed by atoms with Crippen LogP contribution in [-0.2, 0) is 10.2 Å². The van der Waals surface area contributed by atoms with Crippen LogP contribution in [0.4, 0.5) is 4.79 Å². The molecule has 4 heterocycles. The molecule has 2 unspecified atom stereocenters. The lowest BCUT2D eigenvalue weighted by molar-refractivity contribution is 0.00259. The van der Waals surface area contributed by atoms with Crippen molar-refractivity contribution >= 4 is 11.7 Å². The van der Waals surface area contributed by atoms with Crippen LogP contribution in [0.25, 0.3) is 17.1 Å². The number of ether oxygens (including phenoxy) is 1. The van der Waals surface area contributed by atoms with E-state index in [1.54, 1.807) is 16.8 Å². The van der Waals surface area contributed by atoms with Gasteiger partial charge in [-0.25, -0.2) is 9.31 Å². The summed E-state index contributed by atoms with van der Waals surface area (Å²) in [6, 6.07) is 1.59. The maximum absolute atomic E-state index is 13.1. The Morgan fingerprint density at radius 2 is 1.90 bits per heavy atom. The number of carbonyl (C=O) groups excluding carboxylic acids is 1. The topological polar surface area (TPSA) is 119 Å². The number of rotatable bonds is 6. The fraction of sp³-hybridized carbons (Fsp3) is 0.690. The van der Waals surface area contributed by atoms with Crippen LogP contribution in [0.2, 0.25) is 0 Å². The first kappa shape index (κ1) is 28.8. The van der Waals surface area contributed by atoms with E-state index in [1.165, 1.54) is 0 Å². The van der Waals surface area contributed by atoms with Crippen molar-refractivity contribution in [2.75, 3.05) is 6.54 Å². The molecule has 0 aromatic carbocycles. The minimum atomic E-state index is -0.565. The fourth-order valence-corrected chi connectivity index (χ4v) is 5.59. The summed E-state index contributed by atoms with van der Waals surface area (Å²) in [6.45, 7) is 19.0. The zero-order valence-electron chi connectivity index (χ0n) is 24.9. The molecule has 1 fully saturated rings. The van der Waals surface area contributed by atoms with Gasteiger partial charge in [-0.15, -0.1) is 0 Å². The average molecular weight is 541 g/mol. The van der Waals surface area contributed by atoms with E-state index in [0.29, 0.717) is 42.3 Å². The highest BCUT2D eigenvalue weighted by Crippen LogP contribution is 2.38. The van der Waals surface area contributed by atoms with Crippen LogP contribution < -0.4 is 5.56 Å². The van der Waals surface area contributed by atoms with Gasteiger partial charge in [0, 0.05) is 30.0 Å². The van der Waals surface area contributed by atoms with E-state index in [1.807, 2.05) is 25.7 Å². The van der Waals surface area contributed by atoms with Crippen LogP contribution in [0.15, 0.2) is 21.6 Å². The van der Waals surface area contributed by atoms with Gasteiger partial charge in [-0.3, -0.25) is 4.79 Å². The Bertz CT molecular complexity index is 1370. The van der Waals surface area contributed by atoms with Crippen molar-refractivity contribution in [2.45, 2.75) is 117 Å². The van der Waals surface area contributed by atoms with Gasteiger partial charge >= 0.3 is 6.09 Å². The number of hydrogen-bond acceptors (Lipinski definition) is 7. The van der Waals surface area contributed by atoms with E-state index in [2.05, 4.69) is 61.8 Å². The Morgan fingerprint density at radius 3 is 2.54 bits per heavy atom. The van der Waals surface area contributed by atoms with Gasteiger partial charge in [-0.05, 0) is 51.9 Å². The number of piperidine rings is 1. The molecular weight excluding hydrogens is 496 g/mol. The van der Waals surface area contributed by atoms with Crippen LogP contribution in [0, 0.1) is 5.41 Å². The third-order valence-corrected chi connectivity index (χ3v) is 7.28. The maximum Gasteiger partial charge on any atom is 0.410 e. The second-order valence-corrected chi connectivity index (χ2v) is 13.7. The highest BCUT2D eigenvalue weighted by Gasteiger charge is 2.38. The smallest absolute Gasteiger partial charge is 0.410 e. The highest BCUT2D eigenvalue weighted by atomic mass is 16.6. The van der Waals surface area contributed by atoms with Gasteiger partial charge in [-0.2, -0.15) is 10.1 Å². The summed E-state index contributed by atoms with van der Waals surface area (Å²) >= 11 is 0. The first-order chi connectivity index (χ1) is 18.1. The van der Waals surface area contributed by atoms with Crippen molar-refractivity contribution in [1.82, 2.24) is 29.6 Å². The van der Waals surface area contributed by atoms with Crippen LogP contribution in [0.5, 0.6) is 0 Å². The minimum absolute atomic E-state index is 0.0103. The molecule has 1 N–H and O–H groups in total. The first-order valence-corrected chi connectivity index (χ1v) is 14.0. The Balaban J connectivity index is 1.67. The van der Waals surface area contributed by atoms with Gasteiger partial charge in [-0.1, -0.05) is 53.1 Å². The number of aromatic amines is 1. The highest BCUT2D eigenvalue weighted by molar-refractivity contribution is 5.71. The summed E-state index contributed by atoms with van der Waals surface area (Å²) in [6.07, 6.45) is 5.54. The molecule has 214 valence electrons. The molecule has 1 aliphatic heterocycles. The number of likely N-dealkylation sites (tertiary alicyclic amines) is 1. The fourth-order valence-electron chi connectivity index (χ4n) is 5.59. The number of fused-ring (bicyclic) bond motifs is 1. The van der Waals surface area contributed by atoms with Crippen LogP contribution in [0.1, 0.15) is 112 Å². The molecule has 1 aliphatic rings. The predicted octanol–water partition coefficient (Wildman–Crippen LogP) is 6.07. The van der Waals surface area contributed by atoms with E-state index in [-0.39, 0.29) is 34.4 Å². The molecule has 2 atom stereocenters. The molecular formula is C29H44N6O4. The molecule has 4 rings (SSSR count). The zero-order chi connectivity index (χ0) is 28.8. The molecule has 39 heavy (non-hydrogen) atoms. The van der Waals surface area contributed by atoms with Crippen molar-refractivity contribution in [3.8, 4) is 11.5 Å². The largest absolute Gasteiger partial charge is 0.444 e. The molecule has 3 aromatic heterocycles. The third kappa shape index (κ3) is 6.53. The van der Waals surface area contributed by atoms with Crippen LogP contribution >= 0.6 is 0 Å². The number of aromatic nitrogens is 5. The number of nitrogens with zero attached hydrogens (tertiary/aromatic N) is 5. The number of nitrogens with one attached hydrogen (secondary N) is 1. The molecule has 0 bridgehead atoms. The number of H-pyrrole nitrogens is 1. The SMILES string of the molecule is CCCC(C)(C)c1noc(-c2cnn3c(C4CCN(C(=O)OC(C)(C)C)C(CC(C)(C)C)C4)cc(=O)[nH]c23)n1. The molecule has 0 aliphatic carbocycles. The standard InChI is InChI=1S/C29H44N6O4/c1-10-12-29(8,9)25-32-24(39-33-25)20-17-30-35-21(15-22(36)31-23(20)35)18-11-13-34(26(37)38-28(5,6)7)19(14-18)16-27(2,3)4/h15,17-19H,10-14,16H2,1-9H3,(H,31,36). The Kier molecular flexibility index (Phi) is 7.71. The molecule has 10 heteroatoms. The van der Waals surface area contributed by atoms with E-state index in [9.17, 15) is 9.59 Å². The Labute approximate surface area is 230 Å². The molecule has 0 saturated carbocycles. The molecule has 1 amide bonds. The molecule has 10 nitrogen and oxygen atoms in total. The van der Waals surface area contributed by atoms with Crippen molar-refractivity contribution in [3.05, 3.63) is 34.1 Å². The molecule has 0 radical (unpaired) electrons. The van der Waals surface area contributed by atoms with Crippen molar-refractivity contribution in [2.24, 2.45) is 5.41 Å². The van der Waals surface area contributed by atoms with Gasteiger partial charge in [0.15, 0.2) is 5.82 Å². The van der Waals surface area contributed by atoms with E-state index < -0.39 is 5.60 Å². The third-order valence-electron chi connectivity index (χ3n) is 7.28. The quantitative estimate of drug-likeness (QED) is 0.403. The van der Waals surface area contributed by atoms with Crippen molar-refractivity contribution < 1.29 is 14.1 Å². The van der Waals surface area contributed by atoms with Crippen LogP contribution in [-0.4, -0.2) is 53.9 Å². The van der Waals surface area contributed by atoms with E-state index in [4.69, 9.17) is 9.26 Å². The molecule has 3 aromatic rings. The predicted molar refractivity (Wildman–Crippen MR) is 150 cm³/mol. The number of hydrogen-bond donors (Lipinski definition) is 1. The maximum atomic E-state index is 13.1. The Hall–Kier alpha value is -3.17. The van der Waals surface area contributed by atoms with Crippen molar-refractivity contribution in [1.29, 1.82) is 0 Å². The minimum Gasteiger partial charge on any atom is -0.444 e. The van der Waals surface area contributed by atoms with E-state index in [0.717, 1.165) is 25.0 Å². The number of amides is 1. The second-order valence-electron chi connectivity index (χ2n) is 13.7. The van der Waals surface area contributed by atoms with Gasteiger partial charge in [0.05, 0.1) is 11.9 Å². The number of carbonyl (C=O) groups is 1. The lowest BCUT2D eigenvalue weighted by Crippen LogP contribution is -2.49. The lowest BCUT2D eigenvalue weighted by Gasteiger charge is -2.42. The summed E-state index contributed by atoms with van der Waals surface area (Å²) in [5, 5.41) is 8.87. The molecule has 0 spiro atoms. The second kappa shape index (κ2) is 10.4. The van der Waals surface area contributed by atoms with Gasteiger partial charge in [0.2, 0.25) is 0 Å². The van der Waals surface area contributed by atoms with Crippen molar-refractivity contribution in [3.63, 3.8) is 0 Å².